The Labute approximate surface area is 117 Å². The molecular weight excluding hydrogens is 327 g/mol. The van der Waals surface area contributed by atoms with Gasteiger partial charge in [0.05, 0.1) is 6.54 Å². The van der Waals surface area contributed by atoms with Crippen LogP contribution in [0.15, 0.2) is 16.7 Å². The van der Waals surface area contributed by atoms with Crippen LogP contribution in [0.25, 0.3) is 0 Å². The fraction of sp³-hybridized carbons (Fsp3) is 0.455. The van der Waals surface area contributed by atoms with Crippen molar-refractivity contribution in [3.8, 4) is 0 Å². The molecule has 1 amide bonds. The van der Waals surface area contributed by atoms with E-state index in [2.05, 4.69) is 26.2 Å². The molecule has 8 heteroatoms. The standard InChI is InChI=1S/C11H13BrF3N3O/c1-7-3-9(16-4-8(7)12)17-5-10(19)18(2)6-11(13,14)15/h3-4H,5-6H2,1-2H3,(H,16,17). The molecule has 1 N–H and O–H groups in total. The predicted molar refractivity (Wildman–Crippen MR) is 68.9 cm³/mol. The lowest BCUT2D eigenvalue weighted by Crippen LogP contribution is -2.39. The highest BCUT2D eigenvalue weighted by molar-refractivity contribution is 9.10. The molecule has 0 atom stereocenters. The minimum Gasteiger partial charge on any atom is -0.361 e. The Hall–Kier alpha value is -1.31. The number of nitrogens with zero attached hydrogens (tertiary/aromatic N) is 2. The summed E-state index contributed by atoms with van der Waals surface area (Å²) in [6.07, 6.45) is -2.83. The summed E-state index contributed by atoms with van der Waals surface area (Å²) in [4.78, 5) is 16.1. The number of rotatable bonds is 4. The first-order chi connectivity index (χ1) is 8.69. The zero-order chi connectivity index (χ0) is 14.6. The number of pyridine rings is 1. The van der Waals surface area contributed by atoms with Crippen molar-refractivity contribution in [3.63, 3.8) is 0 Å². The third kappa shape index (κ3) is 5.46. The quantitative estimate of drug-likeness (QED) is 0.916. The number of carbonyl (C=O) groups excluding carboxylic acids is 1. The van der Waals surface area contributed by atoms with E-state index in [-0.39, 0.29) is 6.54 Å². The molecule has 1 aromatic heterocycles. The van der Waals surface area contributed by atoms with Gasteiger partial charge in [-0.3, -0.25) is 4.79 Å². The molecule has 4 nitrogen and oxygen atoms in total. The highest BCUT2D eigenvalue weighted by Crippen LogP contribution is 2.17. The van der Waals surface area contributed by atoms with Gasteiger partial charge in [-0.2, -0.15) is 13.2 Å². The Morgan fingerprint density at radius 1 is 1.53 bits per heavy atom. The second-order valence-electron chi connectivity index (χ2n) is 4.04. The fourth-order valence-corrected chi connectivity index (χ4v) is 1.51. The monoisotopic (exact) mass is 339 g/mol. The molecule has 0 saturated carbocycles. The number of alkyl halides is 3. The van der Waals surface area contributed by atoms with Crippen molar-refractivity contribution >= 4 is 27.7 Å². The van der Waals surface area contributed by atoms with Crippen LogP contribution in [0.2, 0.25) is 0 Å². The molecule has 0 aromatic carbocycles. The number of hydrogen-bond donors (Lipinski definition) is 1. The van der Waals surface area contributed by atoms with E-state index in [1.807, 2.05) is 6.92 Å². The molecule has 1 heterocycles. The number of likely N-dealkylation sites (N-methyl/N-ethyl adjacent to an activating group) is 1. The molecule has 0 saturated heterocycles. The Bertz CT molecular complexity index is 465. The summed E-state index contributed by atoms with van der Waals surface area (Å²) in [7, 11) is 1.11. The zero-order valence-electron chi connectivity index (χ0n) is 10.4. The van der Waals surface area contributed by atoms with Crippen LogP contribution in [0.5, 0.6) is 0 Å². The third-order valence-corrected chi connectivity index (χ3v) is 3.14. The van der Waals surface area contributed by atoms with Crippen LogP contribution in [-0.4, -0.2) is 42.1 Å². The maximum atomic E-state index is 12.1. The number of carbonyl (C=O) groups is 1. The molecule has 0 radical (unpaired) electrons. The minimum atomic E-state index is -4.39. The summed E-state index contributed by atoms with van der Waals surface area (Å²) in [6.45, 7) is 0.343. The van der Waals surface area contributed by atoms with Gasteiger partial charge in [-0.05, 0) is 34.5 Å². The first-order valence-corrected chi connectivity index (χ1v) is 6.15. The molecule has 0 aliphatic heterocycles. The van der Waals surface area contributed by atoms with Crippen LogP contribution in [0.1, 0.15) is 5.56 Å². The molecule has 0 fully saturated rings. The number of halogens is 4. The fourth-order valence-electron chi connectivity index (χ4n) is 1.29. The van der Waals surface area contributed by atoms with Crippen LogP contribution in [0.4, 0.5) is 19.0 Å². The van der Waals surface area contributed by atoms with E-state index in [1.54, 1.807) is 12.3 Å². The number of amides is 1. The lowest BCUT2D eigenvalue weighted by atomic mass is 10.3. The van der Waals surface area contributed by atoms with Crippen LogP contribution < -0.4 is 5.32 Å². The van der Waals surface area contributed by atoms with E-state index in [4.69, 9.17) is 0 Å². The van der Waals surface area contributed by atoms with E-state index < -0.39 is 18.6 Å². The van der Waals surface area contributed by atoms with Gasteiger partial charge in [-0.1, -0.05) is 0 Å². The lowest BCUT2D eigenvalue weighted by Gasteiger charge is -2.19. The number of aromatic nitrogens is 1. The Morgan fingerprint density at radius 3 is 2.68 bits per heavy atom. The summed E-state index contributed by atoms with van der Waals surface area (Å²) in [5, 5.41) is 2.69. The van der Waals surface area contributed by atoms with Gasteiger partial charge in [0.1, 0.15) is 12.4 Å². The van der Waals surface area contributed by atoms with E-state index in [0.717, 1.165) is 17.1 Å². The molecule has 19 heavy (non-hydrogen) atoms. The normalized spacial score (nSPS) is 11.3. The predicted octanol–water partition coefficient (Wildman–Crippen LogP) is 2.59. The number of aryl methyl sites for hydroxylation is 1. The lowest BCUT2D eigenvalue weighted by molar-refractivity contribution is -0.157. The van der Waals surface area contributed by atoms with E-state index >= 15 is 0 Å². The van der Waals surface area contributed by atoms with Crippen LogP contribution >= 0.6 is 15.9 Å². The smallest absolute Gasteiger partial charge is 0.361 e. The maximum Gasteiger partial charge on any atom is 0.406 e. The van der Waals surface area contributed by atoms with Crippen molar-refractivity contribution in [2.24, 2.45) is 0 Å². The van der Waals surface area contributed by atoms with Gasteiger partial charge in [0.15, 0.2) is 0 Å². The van der Waals surface area contributed by atoms with Crippen molar-refractivity contribution in [2.75, 3.05) is 25.5 Å². The van der Waals surface area contributed by atoms with Crippen molar-refractivity contribution < 1.29 is 18.0 Å². The average molecular weight is 340 g/mol. The largest absolute Gasteiger partial charge is 0.406 e. The number of anilines is 1. The maximum absolute atomic E-state index is 12.1. The van der Waals surface area contributed by atoms with Gasteiger partial charge in [0.25, 0.3) is 0 Å². The average Bonchev–Trinajstić information content (AvgIpc) is 2.28. The summed E-state index contributed by atoms with van der Waals surface area (Å²) in [6, 6.07) is 1.70. The zero-order valence-corrected chi connectivity index (χ0v) is 12.0. The van der Waals surface area contributed by atoms with Gasteiger partial charge < -0.3 is 10.2 Å². The molecule has 1 aromatic rings. The highest BCUT2D eigenvalue weighted by atomic mass is 79.9. The summed E-state index contributed by atoms with van der Waals surface area (Å²) >= 11 is 3.28. The molecule has 0 aliphatic rings. The number of nitrogens with one attached hydrogen (secondary N) is 1. The highest BCUT2D eigenvalue weighted by Gasteiger charge is 2.30. The van der Waals surface area contributed by atoms with Gasteiger partial charge in [-0.25, -0.2) is 4.98 Å². The Balaban J connectivity index is 2.52. The van der Waals surface area contributed by atoms with Gasteiger partial charge in [-0.15, -0.1) is 0 Å². The molecule has 106 valence electrons. The van der Waals surface area contributed by atoms with Crippen molar-refractivity contribution in [1.82, 2.24) is 9.88 Å². The van der Waals surface area contributed by atoms with Crippen LogP contribution in [-0.2, 0) is 4.79 Å². The van der Waals surface area contributed by atoms with Gasteiger partial charge in [0.2, 0.25) is 5.91 Å². The molecule has 0 bridgehead atoms. The molecular formula is C11H13BrF3N3O. The van der Waals surface area contributed by atoms with Crippen molar-refractivity contribution in [3.05, 3.63) is 22.3 Å². The topological polar surface area (TPSA) is 45.2 Å². The summed E-state index contributed by atoms with van der Waals surface area (Å²) in [5.74, 6) is -0.214. The summed E-state index contributed by atoms with van der Waals surface area (Å²) < 4.78 is 37.1. The molecule has 0 aliphatic carbocycles. The van der Waals surface area contributed by atoms with Crippen LogP contribution in [0.3, 0.4) is 0 Å². The minimum absolute atomic E-state index is 0.235. The van der Waals surface area contributed by atoms with Gasteiger partial charge >= 0.3 is 6.18 Å². The Kier molecular flexibility index (Phi) is 5.16. The van der Waals surface area contributed by atoms with Gasteiger partial charge in [0, 0.05) is 17.7 Å². The second kappa shape index (κ2) is 6.23. The van der Waals surface area contributed by atoms with E-state index in [9.17, 15) is 18.0 Å². The first-order valence-electron chi connectivity index (χ1n) is 5.36. The SMILES string of the molecule is Cc1cc(NCC(=O)N(C)CC(F)(F)F)ncc1Br. The van der Waals surface area contributed by atoms with E-state index in [0.29, 0.717) is 10.7 Å². The first kappa shape index (κ1) is 15.7. The second-order valence-corrected chi connectivity index (χ2v) is 4.89. The number of hydrogen-bond acceptors (Lipinski definition) is 3. The van der Waals surface area contributed by atoms with Crippen molar-refractivity contribution in [1.29, 1.82) is 0 Å². The van der Waals surface area contributed by atoms with E-state index in [1.165, 1.54) is 0 Å². The molecule has 0 unspecified atom stereocenters. The Morgan fingerprint density at radius 2 is 2.16 bits per heavy atom. The molecule has 1 rings (SSSR count). The van der Waals surface area contributed by atoms with Crippen LogP contribution in [0, 0.1) is 6.92 Å². The van der Waals surface area contributed by atoms with Crippen molar-refractivity contribution in [2.45, 2.75) is 13.1 Å². The summed E-state index contributed by atoms with van der Waals surface area (Å²) in [5.41, 5.74) is 0.911. The third-order valence-electron chi connectivity index (χ3n) is 2.31. The molecule has 0 spiro atoms.